The molecule has 0 spiro atoms. The van der Waals surface area contributed by atoms with Crippen molar-refractivity contribution in [2.24, 2.45) is 0 Å². The molecule has 19 heavy (non-hydrogen) atoms. The van der Waals surface area contributed by atoms with Crippen LogP contribution in [0.4, 0.5) is 0 Å². The maximum absolute atomic E-state index is 12.4. The highest BCUT2D eigenvalue weighted by Gasteiger charge is 2.28. The quantitative estimate of drug-likeness (QED) is 0.853. The van der Waals surface area contributed by atoms with Gasteiger partial charge in [0.15, 0.2) is 0 Å². The van der Waals surface area contributed by atoms with Crippen LogP contribution in [0.25, 0.3) is 0 Å². The molecule has 0 aromatic heterocycles. The molecule has 1 saturated carbocycles. The van der Waals surface area contributed by atoms with E-state index >= 15 is 0 Å². The summed E-state index contributed by atoms with van der Waals surface area (Å²) >= 11 is 0. The van der Waals surface area contributed by atoms with Gasteiger partial charge in [0.25, 0.3) is 0 Å². The lowest BCUT2D eigenvalue weighted by Crippen LogP contribution is -2.45. The van der Waals surface area contributed by atoms with Crippen molar-refractivity contribution < 1.29 is 9.90 Å². The number of hydrogen-bond acceptors (Lipinski definition) is 2. The Morgan fingerprint density at radius 3 is 2.79 bits per heavy atom. The van der Waals surface area contributed by atoms with Gasteiger partial charge in [0.1, 0.15) is 0 Å². The van der Waals surface area contributed by atoms with E-state index in [1.165, 1.54) is 12.0 Å². The molecule has 0 bridgehead atoms. The summed E-state index contributed by atoms with van der Waals surface area (Å²) in [6.45, 7) is 2.89. The van der Waals surface area contributed by atoms with E-state index in [1.807, 2.05) is 30.0 Å². The summed E-state index contributed by atoms with van der Waals surface area (Å²) < 4.78 is 0. The van der Waals surface area contributed by atoms with E-state index in [0.29, 0.717) is 25.4 Å². The molecule has 104 valence electrons. The number of aryl methyl sites for hydroxylation is 1. The second kappa shape index (κ2) is 6.71. The Hall–Kier alpha value is -1.35. The Labute approximate surface area is 115 Å². The fraction of sp³-hybridized carbons (Fsp3) is 0.562. The number of nitrogens with zero attached hydrogens (tertiary/aromatic N) is 1. The maximum atomic E-state index is 12.4. The van der Waals surface area contributed by atoms with E-state index in [9.17, 15) is 4.79 Å². The van der Waals surface area contributed by atoms with E-state index in [0.717, 1.165) is 18.4 Å². The second-order valence-electron chi connectivity index (χ2n) is 5.41. The predicted octanol–water partition coefficient (Wildman–Crippen LogP) is 2.30. The molecule has 2 rings (SSSR count). The first-order valence-electron chi connectivity index (χ1n) is 7.16. The molecular formula is C16H23NO2. The highest BCUT2D eigenvalue weighted by molar-refractivity contribution is 5.79. The summed E-state index contributed by atoms with van der Waals surface area (Å²) in [5, 5.41) is 8.96. The van der Waals surface area contributed by atoms with Crippen LogP contribution >= 0.6 is 0 Å². The van der Waals surface area contributed by atoms with Gasteiger partial charge in [-0.05, 0) is 38.2 Å². The van der Waals surface area contributed by atoms with Gasteiger partial charge < -0.3 is 10.0 Å². The van der Waals surface area contributed by atoms with Crippen molar-refractivity contribution in [3.63, 3.8) is 0 Å². The lowest BCUT2D eigenvalue weighted by molar-refractivity contribution is -0.134. The highest BCUT2D eigenvalue weighted by Crippen LogP contribution is 2.25. The minimum Gasteiger partial charge on any atom is -0.396 e. The molecular weight excluding hydrogens is 238 g/mol. The zero-order valence-electron chi connectivity index (χ0n) is 11.6. The molecule has 0 radical (unpaired) electrons. The molecule has 3 nitrogen and oxygen atoms in total. The molecule has 1 aliphatic rings. The number of aliphatic hydroxyl groups excluding tert-OH is 1. The van der Waals surface area contributed by atoms with Gasteiger partial charge in [0.2, 0.25) is 5.91 Å². The molecule has 0 atom stereocenters. The van der Waals surface area contributed by atoms with Crippen LogP contribution in [0.15, 0.2) is 24.3 Å². The van der Waals surface area contributed by atoms with Gasteiger partial charge in [-0.15, -0.1) is 0 Å². The van der Waals surface area contributed by atoms with Crippen molar-refractivity contribution in [1.29, 1.82) is 0 Å². The van der Waals surface area contributed by atoms with Gasteiger partial charge in [-0.2, -0.15) is 0 Å². The molecule has 0 unspecified atom stereocenters. The lowest BCUT2D eigenvalue weighted by atomic mass is 9.91. The molecule has 1 N–H and O–H groups in total. The van der Waals surface area contributed by atoms with Crippen LogP contribution in [0, 0.1) is 6.92 Å². The number of carbonyl (C=O) groups excluding carboxylic acids is 1. The summed E-state index contributed by atoms with van der Waals surface area (Å²) in [4.78, 5) is 14.4. The molecule has 1 aliphatic carbocycles. The zero-order valence-corrected chi connectivity index (χ0v) is 11.6. The molecule has 1 amide bonds. The minimum atomic E-state index is 0.154. The summed E-state index contributed by atoms with van der Waals surface area (Å²) in [6.07, 6.45) is 4.60. The van der Waals surface area contributed by atoms with Gasteiger partial charge in [-0.3, -0.25) is 4.79 Å². The van der Waals surface area contributed by atoms with Crippen LogP contribution in [-0.2, 0) is 11.2 Å². The van der Waals surface area contributed by atoms with Crippen LogP contribution in [0.5, 0.6) is 0 Å². The molecule has 1 fully saturated rings. The Kier molecular flexibility index (Phi) is 4.97. The van der Waals surface area contributed by atoms with Crippen molar-refractivity contribution in [2.45, 2.75) is 45.1 Å². The van der Waals surface area contributed by atoms with Crippen molar-refractivity contribution in [3.8, 4) is 0 Å². The van der Waals surface area contributed by atoms with Gasteiger partial charge in [-0.25, -0.2) is 0 Å². The smallest absolute Gasteiger partial charge is 0.227 e. The fourth-order valence-electron chi connectivity index (χ4n) is 2.55. The normalized spacial score (nSPS) is 15.1. The number of aliphatic hydroxyl groups is 1. The first kappa shape index (κ1) is 14.1. The van der Waals surface area contributed by atoms with Gasteiger partial charge in [-0.1, -0.05) is 29.8 Å². The van der Waals surface area contributed by atoms with Gasteiger partial charge in [0.05, 0.1) is 6.42 Å². The summed E-state index contributed by atoms with van der Waals surface area (Å²) in [7, 11) is 0. The van der Waals surface area contributed by atoms with Crippen molar-refractivity contribution in [3.05, 3.63) is 35.4 Å². The number of benzene rings is 1. The summed E-state index contributed by atoms with van der Waals surface area (Å²) in [5.74, 6) is 0.198. The van der Waals surface area contributed by atoms with E-state index in [4.69, 9.17) is 5.11 Å². The predicted molar refractivity (Wildman–Crippen MR) is 75.9 cm³/mol. The van der Waals surface area contributed by atoms with Crippen molar-refractivity contribution in [2.75, 3.05) is 13.2 Å². The highest BCUT2D eigenvalue weighted by atomic mass is 16.3. The van der Waals surface area contributed by atoms with Crippen LogP contribution in [0.3, 0.4) is 0 Å². The Balaban J connectivity index is 1.98. The molecule has 0 saturated heterocycles. The van der Waals surface area contributed by atoms with E-state index in [1.54, 1.807) is 0 Å². The van der Waals surface area contributed by atoms with Crippen LogP contribution in [0.2, 0.25) is 0 Å². The third-order valence-electron chi connectivity index (χ3n) is 3.83. The molecule has 1 aromatic rings. The summed E-state index contributed by atoms with van der Waals surface area (Å²) in [5.41, 5.74) is 2.27. The molecule has 0 heterocycles. The average Bonchev–Trinajstić information content (AvgIpc) is 2.31. The maximum Gasteiger partial charge on any atom is 0.227 e. The second-order valence-corrected chi connectivity index (χ2v) is 5.41. The molecule has 1 aromatic carbocycles. The fourth-order valence-corrected chi connectivity index (χ4v) is 2.55. The molecule has 3 heteroatoms. The average molecular weight is 261 g/mol. The third kappa shape index (κ3) is 3.80. The largest absolute Gasteiger partial charge is 0.396 e. The first-order chi connectivity index (χ1) is 9.20. The topological polar surface area (TPSA) is 40.5 Å². The number of hydrogen-bond donors (Lipinski definition) is 1. The third-order valence-corrected chi connectivity index (χ3v) is 3.83. The van der Waals surface area contributed by atoms with E-state index in [2.05, 4.69) is 6.07 Å². The zero-order chi connectivity index (χ0) is 13.7. The van der Waals surface area contributed by atoms with Crippen LogP contribution in [-0.4, -0.2) is 35.1 Å². The minimum absolute atomic E-state index is 0.154. The van der Waals surface area contributed by atoms with E-state index in [-0.39, 0.29) is 12.5 Å². The van der Waals surface area contributed by atoms with Gasteiger partial charge >= 0.3 is 0 Å². The summed E-state index contributed by atoms with van der Waals surface area (Å²) in [6, 6.07) is 8.53. The monoisotopic (exact) mass is 261 g/mol. The Morgan fingerprint density at radius 2 is 2.21 bits per heavy atom. The van der Waals surface area contributed by atoms with Crippen LogP contribution < -0.4 is 0 Å². The molecule has 0 aliphatic heterocycles. The Morgan fingerprint density at radius 1 is 1.42 bits per heavy atom. The number of carbonyl (C=O) groups is 1. The van der Waals surface area contributed by atoms with Crippen molar-refractivity contribution in [1.82, 2.24) is 4.90 Å². The number of amides is 1. The van der Waals surface area contributed by atoms with Gasteiger partial charge in [0, 0.05) is 19.2 Å². The van der Waals surface area contributed by atoms with E-state index < -0.39 is 0 Å². The SMILES string of the molecule is Cc1cccc(CC(=O)N(CCCO)C2CCC2)c1. The standard InChI is InChI=1S/C16H23NO2/c1-13-5-2-6-14(11-13)12-16(19)17(9-4-10-18)15-7-3-8-15/h2,5-6,11,15,18H,3-4,7-10,12H2,1H3. The lowest BCUT2D eigenvalue weighted by Gasteiger charge is -2.37. The number of rotatable bonds is 6. The van der Waals surface area contributed by atoms with Crippen molar-refractivity contribution >= 4 is 5.91 Å². The van der Waals surface area contributed by atoms with Crippen LogP contribution in [0.1, 0.15) is 36.8 Å². The Bertz CT molecular complexity index is 427. The first-order valence-corrected chi connectivity index (χ1v) is 7.16.